The minimum atomic E-state index is -1.04. The maximum absolute atomic E-state index is 13.3. The Kier molecular flexibility index (Phi) is 10.1. The highest BCUT2D eigenvalue weighted by Crippen LogP contribution is 2.28. The Labute approximate surface area is 211 Å². The zero-order chi connectivity index (χ0) is 26.1. The number of rotatable bonds is 12. The van der Waals surface area contributed by atoms with Crippen LogP contribution in [0.2, 0.25) is 0 Å². The van der Waals surface area contributed by atoms with Crippen LogP contribution in [0.5, 0.6) is 0 Å². The highest BCUT2D eigenvalue weighted by atomic mass is 16.5. The molecule has 36 heavy (non-hydrogen) atoms. The van der Waals surface area contributed by atoms with Crippen molar-refractivity contribution in [3.8, 4) is 0 Å². The number of hydrazine groups is 1. The molecule has 4 amide bonds. The number of hydrogen-bond acceptors (Lipinski definition) is 6. The Morgan fingerprint density at radius 1 is 1.14 bits per heavy atom. The van der Waals surface area contributed by atoms with E-state index >= 15 is 0 Å². The van der Waals surface area contributed by atoms with Crippen LogP contribution in [0.1, 0.15) is 44.6 Å². The molecule has 2 aliphatic rings. The molecule has 2 fully saturated rings. The molecule has 2 aliphatic heterocycles. The first kappa shape index (κ1) is 27.4. The van der Waals surface area contributed by atoms with Crippen molar-refractivity contribution in [1.29, 1.82) is 0 Å². The SMILES string of the molecule is CCCCOCCCN1C[C@H]2N(C(=O)CN(C)N2C(=O)NCc2ccccc2)[C@@H](CCC(=O)O)C1=O. The van der Waals surface area contributed by atoms with Gasteiger partial charge in [0.25, 0.3) is 0 Å². The summed E-state index contributed by atoms with van der Waals surface area (Å²) in [5.74, 6) is -1.63. The first-order chi connectivity index (χ1) is 17.3. The van der Waals surface area contributed by atoms with Crippen molar-refractivity contribution in [2.24, 2.45) is 0 Å². The molecule has 0 spiro atoms. The number of likely N-dealkylation sites (N-methyl/N-ethyl adjacent to an activating group) is 1. The fraction of sp³-hybridized carbons (Fsp3) is 0.600. The number of nitrogens with one attached hydrogen (secondary N) is 1. The molecule has 2 atom stereocenters. The fourth-order valence-electron chi connectivity index (χ4n) is 4.60. The molecule has 0 saturated carbocycles. The van der Waals surface area contributed by atoms with Gasteiger partial charge < -0.3 is 25.0 Å². The summed E-state index contributed by atoms with van der Waals surface area (Å²) in [6.45, 7) is 4.02. The Morgan fingerprint density at radius 3 is 2.56 bits per heavy atom. The molecule has 1 aromatic rings. The molecule has 11 nitrogen and oxygen atoms in total. The summed E-state index contributed by atoms with van der Waals surface area (Å²) in [6.07, 6.45) is 1.62. The molecule has 2 saturated heterocycles. The van der Waals surface area contributed by atoms with E-state index < -0.39 is 24.2 Å². The number of piperazine rings is 1. The number of urea groups is 1. The number of hydrogen-bond donors (Lipinski definition) is 2. The van der Waals surface area contributed by atoms with E-state index in [2.05, 4.69) is 12.2 Å². The van der Waals surface area contributed by atoms with E-state index in [1.54, 1.807) is 17.0 Å². The Bertz CT molecular complexity index is 913. The summed E-state index contributed by atoms with van der Waals surface area (Å²) in [4.78, 5) is 54.0. The summed E-state index contributed by atoms with van der Waals surface area (Å²) in [6, 6.07) is 8.15. The second-order valence-electron chi connectivity index (χ2n) is 9.14. The van der Waals surface area contributed by atoms with Crippen LogP contribution in [0.15, 0.2) is 30.3 Å². The quantitative estimate of drug-likeness (QED) is 0.415. The lowest BCUT2D eigenvalue weighted by molar-refractivity contribution is -0.187. The topological polar surface area (TPSA) is 123 Å². The van der Waals surface area contributed by atoms with E-state index in [9.17, 15) is 24.3 Å². The molecule has 0 aromatic heterocycles. The largest absolute Gasteiger partial charge is 0.481 e. The summed E-state index contributed by atoms with van der Waals surface area (Å²) >= 11 is 0. The molecule has 0 radical (unpaired) electrons. The van der Waals surface area contributed by atoms with Crippen LogP contribution >= 0.6 is 0 Å². The molecule has 198 valence electrons. The van der Waals surface area contributed by atoms with Gasteiger partial charge in [-0.3, -0.25) is 14.4 Å². The third-order valence-corrected chi connectivity index (χ3v) is 6.42. The molecule has 2 heterocycles. The standard InChI is InChI=1S/C25H37N5O6/c1-3-4-14-36-15-8-13-28-17-21-29(20(24(28)34)11-12-23(32)33)22(31)18-27(2)30(21)25(35)26-16-19-9-6-5-7-10-19/h5-7,9-10,20-21H,3-4,8,11-18H2,1-2H3,(H,26,35)(H,32,33)/t20-,21-/m0/s1. The number of carboxylic acids is 1. The third-order valence-electron chi connectivity index (χ3n) is 6.42. The Morgan fingerprint density at radius 2 is 1.86 bits per heavy atom. The summed E-state index contributed by atoms with van der Waals surface area (Å²) in [5.41, 5.74) is 0.932. The van der Waals surface area contributed by atoms with Crippen molar-refractivity contribution in [2.75, 3.05) is 39.9 Å². The van der Waals surface area contributed by atoms with E-state index in [0.717, 1.165) is 18.4 Å². The number of benzene rings is 1. The smallest absolute Gasteiger partial charge is 0.334 e. The maximum atomic E-state index is 13.3. The van der Waals surface area contributed by atoms with Gasteiger partial charge in [-0.1, -0.05) is 43.7 Å². The van der Waals surface area contributed by atoms with Gasteiger partial charge in [0, 0.05) is 39.8 Å². The zero-order valence-electron chi connectivity index (χ0n) is 21.1. The van der Waals surface area contributed by atoms with Crippen molar-refractivity contribution < 1.29 is 29.0 Å². The van der Waals surface area contributed by atoms with Crippen LogP contribution in [-0.4, -0.2) is 101 Å². The van der Waals surface area contributed by atoms with Crippen LogP contribution in [0, 0.1) is 0 Å². The Hall–Kier alpha value is -3.18. The highest BCUT2D eigenvalue weighted by Gasteiger charge is 2.50. The first-order valence-corrected chi connectivity index (χ1v) is 12.5. The Balaban J connectivity index is 1.76. The lowest BCUT2D eigenvalue weighted by Gasteiger charge is -2.54. The lowest BCUT2D eigenvalue weighted by atomic mass is 10.0. The number of ether oxygens (including phenoxy) is 1. The lowest BCUT2D eigenvalue weighted by Crippen LogP contribution is -2.76. The number of carbonyl (C=O) groups is 4. The van der Waals surface area contributed by atoms with E-state index in [4.69, 9.17) is 4.74 Å². The molecule has 0 bridgehead atoms. The zero-order valence-corrected chi connectivity index (χ0v) is 21.1. The predicted octanol–water partition coefficient (Wildman–Crippen LogP) is 1.50. The van der Waals surface area contributed by atoms with Crippen LogP contribution in [0.25, 0.3) is 0 Å². The first-order valence-electron chi connectivity index (χ1n) is 12.5. The molecular formula is C25H37N5O6. The average molecular weight is 504 g/mol. The van der Waals surface area contributed by atoms with Crippen molar-refractivity contribution in [1.82, 2.24) is 25.1 Å². The fourth-order valence-corrected chi connectivity index (χ4v) is 4.60. The molecule has 0 unspecified atom stereocenters. The van der Waals surface area contributed by atoms with Crippen LogP contribution < -0.4 is 5.32 Å². The van der Waals surface area contributed by atoms with Gasteiger partial charge >= 0.3 is 12.0 Å². The summed E-state index contributed by atoms with van der Waals surface area (Å²) in [7, 11) is 1.66. The molecule has 1 aromatic carbocycles. The minimum Gasteiger partial charge on any atom is -0.481 e. The van der Waals surface area contributed by atoms with Gasteiger partial charge in [0.1, 0.15) is 12.2 Å². The van der Waals surface area contributed by atoms with Crippen LogP contribution in [0.3, 0.4) is 0 Å². The second-order valence-corrected chi connectivity index (χ2v) is 9.14. The maximum Gasteiger partial charge on any atom is 0.334 e. The van der Waals surface area contributed by atoms with Crippen LogP contribution in [-0.2, 0) is 25.7 Å². The van der Waals surface area contributed by atoms with Crippen molar-refractivity contribution in [3.63, 3.8) is 0 Å². The minimum absolute atomic E-state index is 0.0108. The van der Waals surface area contributed by atoms with E-state index in [1.165, 1.54) is 9.91 Å². The number of carbonyl (C=O) groups excluding carboxylic acids is 3. The molecule has 3 rings (SSSR count). The van der Waals surface area contributed by atoms with Gasteiger partial charge in [0.2, 0.25) is 11.8 Å². The predicted molar refractivity (Wildman–Crippen MR) is 131 cm³/mol. The number of unbranched alkanes of at least 4 members (excludes halogenated alkanes) is 1. The van der Waals surface area contributed by atoms with Crippen molar-refractivity contribution in [2.45, 2.75) is 57.8 Å². The van der Waals surface area contributed by atoms with Crippen LogP contribution in [0.4, 0.5) is 4.79 Å². The van der Waals surface area contributed by atoms with Gasteiger partial charge in [0.15, 0.2) is 0 Å². The van der Waals surface area contributed by atoms with Crippen molar-refractivity contribution >= 4 is 23.8 Å². The second kappa shape index (κ2) is 13.2. The summed E-state index contributed by atoms with van der Waals surface area (Å²) < 4.78 is 5.62. The van der Waals surface area contributed by atoms with E-state index in [0.29, 0.717) is 32.7 Å². The molecule has 11 heteroatoms. The molecule has 0 aliphatic carbocycles. The number of nitrogens with zero attached hydrogens (tertiary/aromatic N) is 4. The monoisotopic (exact) mass is 503 g/mol. The normalized spacial score (nSPS) is 20.4. The number of amides is 4. The van der Waals surface area contributed by atoms with Gasteiger partial charge in [-0.25, -0.2) is 14.8 Å². The molecule has 2 N–H and O–H groups in total. The highest BCUT2D eigenvalue weighted by molar-refractivity contribution is 5.91. The average Bonchev–Trinajstić information content (AvgIpc) is 2.85. The van der Waals surface area contributed by atoms with Gasteiger partial charge in [0.05, 0.1) is 13.1 Å². The third kappa shape index (κ3) is 6.94. The van der Waals surface area contributed by atoms with E-state index in [-0.39, 0.29) is 37.7 Å². The number of fused-ring (bicyclic) bond motifs is 1. The summed E-state index contributed by atoms with van der Waals surface area (Å²) in [5, 5.41) is 15.2. The number of aliphatic carboxylic acids is 1. The molecular weight excluding hydrogens is 466 g/mol. The van der Waals surface area contributed by atoms with Gasteiger partial charge in [-0.15, -0.1) is 0 Å². The van der Waals surface area contributed by atoms with Gasteiger partial charge in [-0.2, -0.15) is 0 Å². The van der Waals surface area contributed by atoms with Gasteiger partial charge in [-0.05, 0) is 24.8 Å². The van der Waals surface area contributed by atoms with Crippen molar-refractivity contribution in [3.05, 3.63) is 35.9 Å². The number of carboxylic acid groups (broad SMARTS) is 1. The van der Waals surface area contributed by atoms with E-state index in [1.807, 2.05) is 30.3 Å².